The van der Waals surface area contributed by atoms with E-state index >= 15 is 0 Å². The molecule has 1 aliphatic rings. The van der Waals surface area contributed by atoms with Crippen molar-refractivity contribution in [3.63, 3.8) is 0 Å². The van der Waals surface area contributed by atoms with Crippen LogP contribution in [0.25, 0.3) is 0 Å². The predicted octanol–water partition coefficient (Wildman–Crippen LogP) is 3.64. The predicted molar refractivity (Wildman–Crippen MR) is 91.5 cm³/mol. The first-order valence-electron chi connectivity index (χ1n) is 6.44. The number of halogens is 1. The van der Waals surface area contributed by atoms with Crippen LogP contribution in [0, 0.1) is 0 Å². The first-order valence-corrected chi connectivity index (χ1v) is 8.46. The first kappa shape index (κ1) is 14.0. The molecule has 0 spiro atoms. The summed E-state index contributed by atoms with van der Waals surface area (Å²) < 4.78 is 1.13. The number of nitrogens with two attached hydrogens (primary N) is 1. The molecule has 0 bridgehead atoms. The van der Waals surface area contributed by atoms with Crippen LogP contribution < -0.4 is 11.1 Å². The second-order valence-electron chi connectivity index (χ2n) is 4.77. The lowest BCUT2D eigenvalue weighted by molar-refractivity contribution is 0.899. The van der Waals surface area contributed by atoms with E-state index < -0.39 is 0 Å². The van der Waals surface area contributed by atoms with Crippen molar-refractivity contribution in [1.82, 2.24) is 4.98 Å². The van der Waals surface area contributed by atoms with Crippen LogP contribution in [-0.4, -0.2) is 9.97 Å². The third kappa shape index (κ3) is 2.87. The SMILES string of the molecule is NC(=S)c1cc2c(nc1NCc1ccc(Br)s1)CCC2. The normalized spacial score (nSPS) is 13.2. The molecule has 3 rings (SSSR count). The maximum atomic E-state index is 5.83. The molecule has 0 amide bonds. The Morgan fingerprint density at radius 1 is 1.45 bits per heavy atom. The van der Waals surface area contributed by atoms with Gasteiger partial charge in [0.25, 0.3) is 0 Å². The van der Waals surface area contributed by atoms with E-state index in [1.807, 2.05) is 6.07 Å². The molecule has 0 unspecified atom stereocenters. The van der Waals surface area contributed by atoms with Crippen molar-refractivity contribution in [2.75, 3.05) is 5.32 Å². The molecule has 104 valence electrons. The molecule has 2 heterocycles. The van der Waals surface area contributed by atoms with Gasteiger partial charge < -0.3 is 11.1 Å². The number of anilines is 1. The Kier molecular flexibility index (Phi) is 4.05. The van der Waals surface area contributed by atoms with E-state index in [1.165, 1.54) is 22.6 Å². The van der Waals surface area contributed by atoms with Gasteiger partial charge >= 0.3 is 0 Å². The summed E-state index contributed by atoms with van der Waals surface area (Å²) >= 11 is 10.3. The van der Waals surface area contributed by atoms with Gasteiger partial charge in [-0.15, -0.1) is 11.3 Å². The fourth-order valence-corrected chi connectivity index (χ4v) is 3.99. The van der Waals surface area contributed by atoms with Crippen LogP contribution in [0.3, 0.4) is 0 Å². The van der Waals surface area contributed by atoms with Gasteiger partial charge in [-0.2, -0.15) is 0 Å². The highest BCUT2D eigenvalue weighted by Gasteiger charge is 2.17. The molecule has 20 heavy (non-hydrogen) atoms. The van der Waals surface area contributed by atoms with Gasteiger partial charge in [0, 0.05) is 10.6 Å². The zero-order valence-electron chi connectivity index (χ0n) is 10.8. The van der Waals surface area contributed by atoms with Crippen LogP contribution in [0.5, 0.6) is 0 Å². The number of nitrogens with one attached hydrogen (secondary N) is 1. The Hall–Kier alpha value is -0.980. The molecular formula is C14H14BrN3S2. The molecule has 0 aliphatic heterocycles. The Labute approximate surface area is 135 Å². The fourth-order valence-electron chi connectivity index (χ4n) is 2.41. The van der Waals surface area contributed by atoms with E-state index in [4.69, 9.17) is 22.9 Å². The van der Waals surface area contributed by atoms with Crippen molar-refractivity contribution in [3.05, 3.63) is 43.7 Å². The lowest BCUT2D eigenvalue weighted by atomic mass is 10.1. The summed E-state index contributed by atoms with van der Waals surface area (Å²) in [6.07, 6.45) is 3.29. The topological polar surface area (TPSA) is 50.9 Å². The van der Waals surface area contributed by atoms with Crippen molar-refractivity contribution in [1.29, 1.82) is 0 Å². The minimum absolute atomic E-state index is 0.405. The molecule has 1 aliphatic carbocycles. The molecular weight excluding hydrogens is 354 g/mol. The molecule has 2 aromatic heterocycles. The van der Waals surface area contributed by atoms with E-state index in [9.17, 15) is 0 Å². The van der Waals surface area contributed by atoms with Gasteiger partial charge in [0.15, 0.2) is 0 Å². The van der Waals surface area contributed by atoms with Crippen LogP contribution in [0.1, 0.15) is 28.1 Å². The number of nitrogens with zero attached hydrogens (tertiary/aromatic N) is 1. The quantitative estimate of drug-likeness (QED) is 0.809. The molecule has 3 N–H and O–H groups in total. The number of aryl methyl sites for hydroxylation is 2. The minimum Gasteiger partial charge on any atom is -0.389 e. The Morgan fingerprint density at radius 3 is 3.00 bits per heavy atom. The monoisotopic (exact) mass is 367 g/mol. The van der Waals surface area contributed by atoms with Crippen molar-refractivity contribution < 1.29 is 0 Å². The average Bonchev–Trinajstić information content (AvgIpc) is 3.03. The maximum Gasteiger partial charge on any atom is 0.136 e. The summed E-state index contributed by atoms with van der Waals surface area (Å²) in [4.78, 5) is 6.36. The van der Waals surface area contributed by atoms with Gasteiger partial charge in [0.1, 0.15) is 10.8 Å². The second-order valence-corrected chi connectivity index (χ2v) is 7.75. The molecule has 0 atom stereocenters. The highest BCUT2D eigenvalue weighted by molar-refractivity contribution is 9.11. The number of hydrogen-bond acceptors (Lipinski definition) is 4. The van der Waals surface area contributed by atoms with E-state index in [2.05, 4.69) is 33.4 Å². The van der Waals surface area contributed by atoms with Gasteiger partial charge in [-0.05, 0) is 59.0 Å². The summed E-state index contributed by atoms with van der Waals surface area (Å²) in [6.45, 7) is 0.734. The number of aromatic nitrogens is 1. The number of rotatable bonds is 4. The molecule has 6 heteroatoms. The van der Waals surface area contributed by atoms with Crippen molar-refractivity contribution >= 4 is 50.3 Å². The Bertz CT molecular complexity index is 666. The average molecular weight is 368 g/mol. The number of hydrogen-bond donors (Lipinski definition) is 2. The Balaban J connectivity index is 1.86. The van der Waals surface area contributed by atoms with Crippen molar-refractivity contribution in [3.8, 4) is 0 Å². The second kappa shape index (κ2) is 5.79. The van der Waals surface area contributed by atoms with Crippen LogP contribution in [0.2, 0.25) is 0 Å². The summed E-state index contributed by atoms with van der Waals surface area (Å²) in [5.41, 5.74) is 9.16. The van der Waals surface area contributed by atoms with Gasteiger partial charge in [-0.3, -0.25) is 0 Å². The number of fused-ring (bicyclic) bond motifs is 1. The van der Waals surface area contributed by atoms with Crippen LogP contribution in [-0.2, 0) is 19.4 Å². The molecule has 0 radical (unpaired) electrons. The lowest BCUT2D eigenvalue weighted by Gasteiger charge is -2.12. The summed E-state index contributed by atoms with van der Waals surface area (Å²) in [7, 11) is 0. The van der Waals surface area contributed by atoms with Gasteiger partial charge in [0.2, 0.25) is 0 Å². The van der Waals surface area contributed by atoms with E-state index in [0.29, 0.717) is 4.99 Å². The molecule has 0 saturated carbocycles. The number of thiocarbonyl (C=S) groups is 1. The largest absolute Gasteiger partial charge is 0.389 e. The van der Waals surface area contributed by atoms with E-state index in [-0.39, 0.29) is 0 Å². The zero-order valence-corrected chi connectivity index (χ0v) is 14.0. The van der Waals surface area contributed by atoms with Crippen molar-refractivity contribution in [2.45, 2.75) is 25.8 Å². The van der Waals surface area contributed by atoms with Crippen LogP contribution >= 0.6 is 39.5 Å². The molecule has 3 nitrogen and oxygen atoms in total. The number of thiophene rings is 1. The van der Waals surface area contributed by atoms with E-state index in [1.54, 1.807) is 11.3 Å². The minimum atomic E-state index is 0.405. The molecule has 2 aromatic rings. The summed E-state index contributed by atoms with van der Waals surface area (Å²) in [6, 6.07) is 6.24. The number of pyridine rings is 1. The van der Waals surface area contributed by atoms with Crippen LogP contribution in [0.4, 0.5) is 5.82 Å². The smallest absolute Gasteiger partial charge is 0.136 e. The van der Waals surface area contributed by atoms with Crippen molar-refractivity contribution in [2.24, 2.45) is 5.73 Å². The third-order valence-electron chi connectivity index (χ3n) is 3.38. The highest BCUT2D eigenvalue weighted by Crippen LogP contribution is 2.27. The summed E-state index contributed by atoms with van der Waals surface area (Å²) in [5, 5.41) is 3.36. The standard InChI is InChI=1S/C14H14BrN3S2/c15-12-5-4-9(20-12)7-17-14-10(13(16)19)6-8-2-1-3-11(8)18-14/h4-6H,1-3,7H2,(H2,16,19)(H,17,18). The molecule has 0 fully saturated rings. The van der Waals surface area contributed by atoms with E-state index in [0.717, 1.165) is 34.6 Å². The molecule has 0 aromatic carbocycles. The maximum absolute atomic E-state index is 5.83. The lowest BCUT2D eigenvalue weighted by Crippen LogP contribution is -2.15. The third-order valence-corrected chi connectivity index (χ3v) is 5.22. The summed E-state index contributed by atoms with van der Waals surface area (Å²) in [5.74, 6) is 0.808. The highest BCUT2D eigenvalue weighted by atomic mass is 79.9. The Morgan fingerprint density at radius 2 is 2.30 bits per heavy atom. The van der Waals surface area contributed by atoms with Gasteiger partial charge in [0.05, 0.1) is 15.9 Å². The van der Waals surface area contributed by atoms with Gasteiger partial charge in [-0.25, -0.2) is 4.98 Å². The zero-order chi connectivity index (χ0) is 14.1. The fraction of sp³-hybridized carbons (Fsp3) is 0.286. The van der Waals surface area contributed by atoms with Gasteiger partial charge in [-0.1, -0.05) is 12.2 Å². The first-order chi connectivity index (χ1) is 9.63. The van der Waals surface area contributed by atoms with Crippen LogP contribution in [0.15, 0.2) is 22.0 Å². The molecule has 0 saturated heterocycles.